The molecular formula is C12H22N4O. The first-order valence-corrected chi connectivity index (χ1v) is 6.16. The summed E-state index contributed by atoms with van der Waals surface area (Å²) in [6, 6.07) is 0. The summed E-state index contributed by atoms with van der Waals surface area (Å²) < 4.78 is 7.10. The van der Waals surface area contributed by atoms with Gasteiger partial charge in [0.2, 0.25) is 0 Å². The van der Waals surface area contributed by atoms with E-state index < -0.39 is 0 Å². The molecule has 0 aliphatic carbocycles. The molecule has 96 valence electrons. The highest BCUT2D eigenvalue weighted by atomic mass is 16.5. The van der Waals surface area contributed by atoms with Gasteiger partial charge < -0.3 is 15.4 Å². The zero-order valence-electron chi connectivity index (χ0n) is 10.9. The Morgan fingerprint density at radius 2 is 2.06 bits per heavy atom. The first-order chi connectivity index (χ1) is 8.13. The number of aromatic nitrogens is 2. The molecule has 5 nitrogen and oxygen atoms in total. The fourth-order valence-electron chi connectivity index (χ4n) is 2.58. The molecule has 2 N–H and O–H groups in total. The van der Waals surface area contributed by atoms with Gasteiger partial charge in [0, 0.05) is 33.9 Å². The molecule has 0 amide bonds. The molecule has 2 rings (SSSR count). The second-order valence-corrected chi connectivity index (χ2v) is 4.83. The molecule has 2 heterocycles. The van der Waals surface area contributed by atoms with Gasteiger partial charge in [-0.05, 0) is 25.7 Å². The van der Waals surface area contributed by atoms with E-state index in [0.717, 1.165) is 49.7 Å². The number of anilines is 2. The smallest absolute Gasteiger partial charge is 0.150 e. The zero-order chi connectivity index (χ0) is 12.4. The highest BCUT2D eigenvalue weighted by molar-refractivity contribution is 5.66. The summed E-state index contributed by atoms with van der Waals surface area (Å²) in [5.74, 6) is 1.75. The summed E-state index contributed by atoms with van der Waals surface area (Å²) in [4.78, 5) is 2.33. The maximum Gasteiger partial charge on any atom is 0.150 e. The van der Waals surface area contributed by atoms with Crippen molar-refractivity contribution in [3.8, 4) is 0 Å². The number of nitrogens with two attached hydrogens (primary N) is 1. The first-order valence-electron chi connectivity index (χ1n) is 6.16. The molecule has 1 fully saturated rings. The highest BCUT2D eigenvalue weighted by Gasteiger charge is 2.23. The lowest BCUT2D eigenvalue weighted by molar-refractivity contribution is 0.139. The standard InChI is InChI=1S/C12H22N4O/c1-9-11(13)12(15(2)14-9)16-6-4-10(5-7-16)8-17-3/h10H,4-8,13H2,1-3H3. The second kappa shape index (κ2) is 4.96. The molecule has 5 heteroatoms. The molecule has 0 bridgehead atoms. The molecular weight excluding hydrogens is 216 g/mol. The Bertz CT molecular complexity index is 380. The highest BCUT2D eigenvalue weighted by Crippen LogP contribution is 2.29. The largest absolute Gasteiger partial charge is 0.394 e. The number of nitrogens with zero attached hydrogens (tertiary/aromatic N) is 3. The molecule has 17 heavy (non-hydrogen) atoms. The Labute approximate surface area is 103 Å². The summed E-state index contributed by atoms with van der Waals surface area (Å²) in [5, 5.41) is 4.37. The van der Waals surface area contributed by atoms with E-state index in [-0.39, 0.29) is 0 Å². The fraction of sp³-hybridized carbons (Fsp3) is 0.750. The molecule has 0 saturated carbocycles. The molecule has 0 atom stereocenters. The molecule has 1 aliphatic heterocycles. The Morgan fingerprint density at radius 1 is 1.41 bits per heavy atom. The normalized spacial score (nSPS) is 17.7. The summed E-state index contributed by atoms with van der Waals surface area (Å²) in [6.45, 7) is 4.90. The molecule has 0 radical (unpaired) electrons. The summed E-state index contributed by atoms with van der Waals surface area (Å²) >= 11 is 0. The maximum atomic E-state index is 6.08. The van der Waals surface area contributed by atoms with E-state index in [9.17, 15) is 0 Å². The van der Waals surface area contributed by atoms with Crippen LogP contribution < -0.4 is 10.6 Å². The number of piperidine rings is 1. The lowest BCUT2D eigenvalue weighted by Crippen LogP contribution is -2.36. The van der Waals surface area contributed by atoms with Crippen molar-refractivity contribution in [1.29, 1.82) is 0 Å². The minimum atomic E-state index is 0.687. The predicted molar refractivity (Wildman–Crippen MR) is 69.2 cm³/mol. The predicted octanol–water partition coefficient (Wildman–Crippen LogP) is 1.17. The van der Waals surface area contributed by atoms with Crippen molar-refractivity contribution in [1.82, 2.24) is 9.78 Å². The van der Waals surface area contributed by atoms with Crippen LogP contribution in [0, 0.1) is 12.8 Å². The monoisotopic (exact) mass is 238 g/mol. The van der Waals surface area contributed by atoms with Crippen LogP contribution in [0.5, 0.6) is 0 Å². The number of hydrogen-bond acceptors (Lipinski definition) is 4. The Morgan fingerprint density at radius 3 is 2.53 bits per heavy atom. The van der Waals surface area contributed by atoms with Gasteiger partial charge in [0.25, 0.3) is 0 Å². The van der Waals surface area contributed by atoms with Gasteiger partial charge in [0.1, 0.15) is 5.82 Å². The average Bonchev–Trinajstić information content (AvgIpc) is 2.55. The second-order valence-electron chi connectivity index (χ2n) is 4.83. The van der Waals surface area contributed by atoms with Crippen molar-refractivity contribution in [2.75, 3.05) is 37.4 Å². The first kappa shape index (κ1) is 12.2. The van der Waals surface area contributed by atoms with Crippen LogP contribution in [0.2, 0.25) is 0 Å². The lowest BCUT2D eigenvalue weighted by Gasteiger charge is -2.33. The van der Waals surface area contributed by atoms with Gasteiger partial charge in [-0.25, -0.2) is 0 Å². The van der Waals surface area contributed by atoms with Gasteiger partial charge in [-0.2, -0.15) is 5.10 Å². The number of hydrogen-bond donors (Lipinski definition) is 1. The topological polar surface area (TPSA) is 56.3 Å². The van der Waals surface area contributed by atoms with Crippen LogP contribution in [0.25, 0.3) is 0 Å². The van der Waals surface area contributed by atoms with Gasteiger partial charge in [-0.3, -0.25) is 4.68 Å². The van der Waals surface area contributed by atoms with E-state index in [4.69, 9.17) is 10.5 Å². The molecule has 1 saturated heterocycles. The maximum absolute atomic E-state index is 6.08. The third-order valence-corrected chi connectivity index (χ3v) is 3.55. The van der Waals surface area contributed by atoms with Crippen molar-refractivity contribution in [2.24, 2.45) is 13.0 Å². The molecule has 0 aromatic carbocycles. The third-order valence-electron chi connectivity index (χ3n) is 3.55. The summed E-state index contributed by atoms with van der Waals surface area (Å²) in [7, 11) is 3.73. The van der Waals surface area contributed by atoms with Crippen LogP contribution in [0.3, 0.4) is 0 Å². The van der Waals surface area contributed by atoms with Crippen molar-refractivity contribution in [2.45, 2.75) is 19.8 Å². The Kier molecular flexibility index (Phi) is 3.57. The molecule has 1 aromatic heterocycles. The zero-order valence-corrected chi connectivity index (χ0v) is 10.9. The Balaban J connectivity index is 2.05. The number of methoxy groups -OCH3 is 1. The minimum absolute atomic E-state index is 0.687. The SMILES string of the molecule is COCC1CCN(c2c(N)c(C)nn2C)CC1. The van der Waals surface area contributed by atoms with Gasteiger partial charge in [-0.1, -0.05) is 0 Å². The summed E-state index contributed by atoms with van der Waals surface area (Å²) in [6.07, 6.45) is 2.33. The van der Waals surface area contributed by atoms with E-state index in [1.54, 1.807) is 7.11 Å². The Hall–Kier alpha value is -1.23. The average molecular weight is 238 g/mol. The van der Waals surface area contributed by atoms with Crippen LogP contribution in [-0.4, -0.2) is 36.6 Å². The summed E-state index contributed by atoms with van der Waals surface area (Å²) in [5.41, 5.74) is 7.81. The van der Waals surface area contributed by atoms with Crippen LogP contribution in [0.4, 0.5) is 11.5 Å². The van der Waals surface area contributed by atoms with Crippen molar-refractivity contribution < 1.29 is 4.74 Å². The van der Waals surface area contributed by atoms with Crippen LogP contribution in [0.1, 0.15) is 18.5 Å². The van der Waals surface area contributed by atoms with Gasteiger partial charge in [-0.15, -0.1) is 0 Å². The minimum Gasteiger partial charge on any atom is -0.394 e. The molecule has 0 unspecified atom stereocenters. The van der Waals surface area contributed by atoms with E-state index >= 15 is 0 Å². The number of rotatable bonds is 3. The van der Waals surface area contributed by atoms with Crippen molar-refractivity contribution in [3.63, 3.8) is 0 Å². The quantitative estimate of drug-likeness (QED) is 0.859. The van der Waals surface area contributed by atoms with Crippen LogP contribution in [-0.2, 0) is 11.8 Å². The van der Waals surface area contributed by atoms with Crippen molar-refractivity contribution in [3.05, 3.63) is 5.69 Å². The number of ether oxygens (including phenoxy) is 1. The van der Waals surface area contributed by atoms with E-state index in [1.807, 2.05) is 18.7 Å². The van der Waals surface area contributed by atoms with Gasteiger partial charge >= 0.3 is 0 Å². The molecule has 1 aliphatic rings. The van der Waals surface area contributed by atoms with Crippen LogP contribution in [0.15, 0.2) is 0 Å². The third kappa shape index (κ3) is 2.39. The van der Waals surface area contributed by atoms with Crippen molar-refractivity contribution >= 4 is 11.5 Å². The number of nitrogen functional groups attached to an aromatic ring is 1. The fourth-order valence-corrected chi connectivity index (χ4v) is 2.58. The lowest BCUT2D eigenvalue weighted by atomic mass is 9.98. The van der Waals surface area contributed by atoms with Gasteiger partial charge in [0.05, 0.1) is 11.4 Å². The van der Waals surface area contributed by atoms with E-state index in [2.05, 4.69) is 10.00 Å². The van der Waals surface area contributed by atoms with Crippen LogP contribution >= 0.6 is 0 Å². The van der Waals surface area contributed by atoms with Gasteiger partial charge in [0.15, 0.2) is 0 Å². The molecule has 0 spiro atoms. The number of aryl methyl sites for hydroxylation is 2. The van der Waals surface area contributed by atoms with E-state index in [1.165, 1.54) is 0 Å². The van der Waals surface area contributed by atoms with E-state index in [0.29, 0.717) is 5.92 Å². The molecule has 1 aromatic rings.